The average Bonchev–Trinajstić information content (AvgIpc) is 2.58. The number of hydrogen-bond acceptors (Lipinski definition) is 3. The van der Waals surface area contributed by atoms with E-state index in [1.54, 1.807) is 24.3 Å². The van der Waals surface area contributed by atoms with Crippen LogP contribution in [0.25, 0.3) is 0 Å². The zero-order valence-corrected chi connectivity index (χ0v) is 13.5. The van der Waals surface area contributed by atoms with Crippen LogP contribution < -0.4 is 5.32 Å². The Morgan fingerprint density at radius 1 is 1.04 bits per heavy atom. The Bertz CT molecular complexity index is 639. The number of hydrogen-bond donors (Lipinski definition) is 1. The number of benzene rings is 1. The van der Waals surface area contributed by atoms with Crippen LogP contribution >= 0.6 is 11.6 Å². The third-order valence-corrected chi connectivity index (χ3v) is 4.16. The van der Waals surface area contributed by atoms with Crippen molar-refractivity contribution >= 4 is 23.3 Å². The molecule has 1 N–H and O–H groups in total. The van der Waals surface area contributed by atoms with Gasteiger partial charge in [-0.05, 0) is 42.0 Å². The summed E-state index contributed by atoms with van der Waals surface area (Å²) in [5.74, 6) is 0. The first-order valence-corrected chi connectivity index (χ1v) is 8.01. The third-order valence-electron chi connectivity index (χ3n) is 3.91. The lowest BCUT2D eigenvalue weighted by Crippen LogP contribution is -2.49. The summed E-state index contributed by atoms with van der Waals surface area (Å²) in [7, 11) is 0. The number of nitrogens with one attached hydrogen (secondary N) is 1. The van der Waals surface area contributed by atoms with Crippen molar-refractivity contribution in [3.8, 4) is 0 Å². The predicted octanol–water partition coefficient (Wildman–Crippen LogP) is 3.08. The number of piperazine rings is 1. The van der Waals surface area contributed by atoms with E-state index in [1.807, 2.05) is 29.4 Å². The van der Waals surface area contributed by atoms with Gasteiger partial charge in [-0.1, -0.05) is 11.6 Å². The highest BCUT2D eigenvalue weighted by molar-refractivity contribution is 6.30. The van der Waals surface area contributed by atoms with E-state index < -0.39 is 0 Å². The highest BCUT2D eigenvalue weighted by atomic mass is 35.5. The number of halogens is 1. The van der Waals surface area contributed by atoms with Gasteiger partial charge in [-0.25, -0.2) is 4.79 Å². The van der Waals surface area contributed by atoms with Gasteiger partial charge in [-0.2, -0.15) is 0 Å². The Morgan fingerprint density at radius 2 is 1.70 bits per heavy atom. The number of pyridine rings is 1. The molecular formula is C17H19ClN4O. The maximum atomic E-state index is 12.3. The Labute approximate surface area is 140 Å². The predicted molar refractivity (Wildman–Crippen MR) is 91.6 cm³/mol. The molecule has 120 valence electrons. The third kappa shape index (κ3) is 4.43. The van der Waals surface area contributed by atoms with Crippen molar-refractivity contribution in [3.63, 3.8) is 0 Å². The number of carbonyl (C=O) groups is 1. The second kappa shape index (κ2) is 7.44. The lowest BCUT2D eigenvalue weighted by atomic mass is 10.2. The molecule has 1 aliphatic heterocycles. The van der Waals surface area contributed by atoms with E-state index in [1.165, 1.54) is 5.56 Å². The maximum absolute atomic E-state index is 12.3. The van der Waals surface area contributed by atoms with Gasteiger partial charge in [0.1, 0.15) is 0 Å². The van der Waals surface area contributed by atoms with Crippen LogP contribution in [0.5, 0.6) is 0 Å². The van der Waals surface area contributed by atoms with Crippen molar-refractivity contribution in [1.29, 1.82) is 0 Å². The number of aromatic nitrogens is 1. The van der Waals surface area contributed by atoms with Crippen LogP contribution in [-0.2, 0) is 6.54 Å². The van der Waals surface area contributed by atoms with E-state index in [9.17, 15) is 4.79 Å². The first-order valence-electron chi connectivity index (χ1n) is 7.63. The van der Waals surface area contributed by atoms with E-state index in [4.69, 9.17) is 11.6 Å². The molecule has 0 atom stereocenters. The van der Waals surface area contributed by atoms with E-state index >= 15 is 0 Å². The molecule has 2 heterocycles. The average molecular weight is 331 g/mol. The zero-order chi connectivity index (χ0) is 16.1. The molecule has 5 nitrogen and oxygen atoms in total. The molecule has 0 bridgehead atoms. The van der Waals surface area contributed by atoms with Gasteiger partial charge in [0, 0.05) is 55.8 Å². The minimum atomic E-state index is -0.0594. The first-order chi connectivity index (χ1) is 11.2. The van der Waals surface area contributed by atoms with Gasteiger partial charge >= 0.3 is 6.03 Å². The molecule has 1 fully saturated rings. The monoisotopic (exact) mass is 330 g/mol. The second-order valence-corrected chi connectivity index (χ2v) is 5.99. The molecule has 2 amide bonds. The second-order valence-electron chi connectivity index (χ2n) is 5.56. The van der Waals surface area contributed by atoms with Gasteiger partial charge in [0.2, 0.25) is 0 Å². The lowest BCUT2D eigenvalue weighted by molar-refractivity contribution is 0.143. The number of urea groups is 1. The SMILES string of the molecule is O=C(Nc1ccc(Cl)cc1)N1CCN(Cc2ccncc2)CC1. The smallest absolute Gasteiger partial charge is 0.321 e. The van der Waals surface area contributed by atoms with Crippen molar-refractivity contribution < 1.29 is 4.79 Å². The summed E-state index contributed by atoms with van der Waals surface area (Å²) in [6.45, 7) is 4.09. The van der Waals surface area contributed by atoms with Crippen LogP contribution in [0.15, 0.2) is 48.8 Å². The summed E-state index contributed by atoms with van der Waals surface area (Å²) in [4.78, 5) is 20.5. The molecule has 0 aliphatic carbocycles. The minimum Gasteiger partial charge on any atom is -0.322 e. The highest BCUT2D eigenvalue weighted by Crippen LogP contribution is 2.15. The number of carbonyl (C=O) groups excluding carboxylic acids is 1. The zero-order valence-electron chi connectivity index (χ0n) is 12.8. The fraction of sp³-hybridized carbons (Fsp3) is 0.294. The summed E-state index contributed by atoms with van der Waals surface area (Å²) in [6, 6.07) is 11.1. The Balaban J connectivity index is 1.48. The summed E-state index contributed by atoms with van der Waals surface area (Å²) in [6.07, 6.45) is 3.62. The number of nitrogens with zero attached hydrogens (tertiary/aromatic N) is 3. The molecule has 1 aromatic heterocycles. The van der Waals surface area contributed by atoms with Gasteiger partial charge < -0.3 is 10.2 Å². The van der Waals surface area contributed by atoms with Crippen molar-refractivity contribution in [2.45, 2.75) is 6.54 Å². The normalized spacial score (nSPS) is 15.4. The fourth-order valence-corrected chi connectivity index (χ4v) is 2.72. The maximum Gasteiger partial charge on any atom is 0.321 e. The molecule has 0 saturated carbocycles. The van der Waals surface area contributed by atoms with Crippen molar-refractivity contribution in [2.24, 2.45) is 0 Å². The van der Waals surface area contributed by atoms with Gasteiger partial charge in [0.05, 0.1) is 0 Å². The molecule has 1 aliphatic rings. The fourth-order valence-electron chi connectivity index (χ4n) is 2.59. The van der Waals surface area contributed by atoms with Crippen LogP contribution in [0.1, 0.15) is 5.56 Å². The van der Waals surface area contributed by atoms with Crippen molar-refractivity contribution in [1.82, 2.24) is 14.8 Å². The molecule has 0 unspecified atom stereocenters. The Hall–Kier alpha value is -2.11. The molecule has 1 saturated heterocycles. The van der Waals surface area contributed by atoms with Gasteiger partial charge in [0.15, 0.2) is 0 Å². The molecule has 6 heteroatoms. The van der Waals surface area contributed by atoms with E-state index in [2.05, 4.69) is 15.2 Å². The first kappa shape index (κ1) is 15.8. The van der Waals surface area contributed by atoms with E-state index in [0.717, 1.165) is 38.4 Å². The van der Waals surface area contributed by atoms with Gasteiger partial charge in [0.25, 0.3) is 0 Å². The molecule has 3 rings (SSSR count). The molecular weight excluding hydrogens is 312 g/mol. The number of rotatable bonds is 3. The van der Waals surface area contributed by atoms with Crippen LogP contribution in [0.2, 0.25) is 5.02 Å². The van der Waals surface area contributed by atoms with Crippen molar-refractivity contribution in [3.05, 3.63) is 59.4 Å². The minimum absolute atomic E-state index is 0.0594. The molecule has 2 aromatic rings. The van der Waals surface area contributed by atoms with Crippen LogP contribution in [-0.4, -0.2) is 47.0 Å². The summed E-state index contributed by atoms with van der Waals surface area (Å²) in [5.41, 5.74) is 2.01. The van der Waals surface area contributed by atoms with Crippen LogP contribution in [0, 0.1) is 0 Å². The largest absolute Gasteiger partial charge is 0.322 e. The van der Waals surface area contributed by atoms with Gasteiger partial charge in [-0.15, -0.1) is 0 Å². The molecule has 1 aromatic carbocycles. The summed E-state index contributed by atoms with van der Waals surface area (Å²) < 4.78 is 0. The quantitative estimate of drug-likeness (QED) is 0.940. The molecule has 0 spiro atoms. The Morgan fingerprint density at radius 3 is 2.35 bits per heavy atom. The highest BCUT2D eigenvalue weighted by Gasteiger charge is 2.21. The van der Waals surface area contributed by atoms with Crippen LogP contribution in [0.4, 0.5) is 10.5 Å². The molecule has 23 heavy (non-hydrogen) atoms. The summed E-state index contributed by atoms with van der Waals surface area (Å²) >= 11 is 5.85. The van der Waals surface area contributed by atoms with Gasteiger partial charge in [-0.3, -0.25) is 9.88 Å². The Kier molecular flexibility index (Phi) is 5.10. The standard InChI is InChI=1S/C17H19ClN4O/c18-15-1-3-16(4-2-15)20-17(23)22-11-9-21(10-12-22)13-14-5-7-19-8-6-14/h1-8H,9-13H2,(H,20,23). The van der Waals surface area contributed by atoms with Crippen molar-refractivity contribution in [2.75, 3.05) is 31.5 Å². The van der Waals surface area contributed by atoms with Crippen LogP contribution in [0.3, 0.4) is 0 Å². The molecule has 0 radical (unpaired) electrons. The topological polar surface area (TPSA) is 48.5 Å². The lowest BCUT2D eigenvalue weighted by Gasteiger charge is -2.34. The van der Waals surface area contributed by atoms with E-state index in [0.29, 0.717) is 5.02 Å². The van der Waals surface area contributed by atoms with E-state index in [-0.39, 0.29) is 6.03 Å². The number of amides is 2. The number of anilines is 1. The summed E-state index contributed by atoms with van der Waals surface area (Å²) in [5, 5.41) is 3.56.